The first kappa shape index (κ1) is 15.3. The summed E-state index contributed by atoms with van der Waals surface area (Å²) >= 11 is 9.81. The van der Waals surface area contributed by atoms with Gasteiger partial charge >= 0.3 is 0 Å². The molecular weight excluding hydrogens is 324 g/mol. The van der Waals surface area contributed by atoms with Crippen molar-refractivity contribution in [3.8, 4) is 0 Å². The van der Waals surface area contributed by atoms with Gasteiger partial charge in [-0.3, -0.25) is 11.3 Å². The summed E-state index contributed by atoms with van der Waals surface area (Å²) in [4.78, 5) is 0. The molecule has 3 unspecified atom stereocenters. The Morgan fingerprint density at radius 2 is 2.26 bits per heavy atom. The second kappa shape index (κ2) is 7.07. The monoisotopic (exact) mass is 344 g/mol. The average Bonchev–Trinajstić information content (AvgIpc) is 2.42. The van der Waals surface area contributed by atoms with Crippen LogP contribution in [0.15, 0.2) is 22.7 Å². The smallest absolute Gasteiger partial charge is 0.0503 e. The predicted molar refractivity (Wildman–Crippen MR) is 85.0 cm³/mol. The Morgan fingerprint density at radius 3 is 2.89 bits per heavy atom. The van der Waals surface area contributed by atoms with E-state index in [1.807, 2.05) is 12.1 Å². The average molecular weight is 346 g/mol. The van der Waals surface area contributed by atoms with Crippen molar-refractivity contribution < 1.29 is 0 Å². The van der Waals surface area contributed by atoms with E-state index in [4.69, 9.17) is 17.4 Å². The SMILES string of the molecule is CCC1CCCC(C(NN)c2ccc(Br)cc2Cl)C1. The maximum Gasteiger partial charge on any atom is 0.0503 e. The summed E-state index contributed by atoms with van der Waals surface area (Å²) in [5, 5.41) is 0.788. The van der Waals surface area contributed by atoms with Crippen LogP contribution in [0.5, 0.6) is 0 Å². The Hall–Kier alpha value is -0.0900. The minimum Gasteiger partial charge on any atom is -0.271 e. The standard InChI is InChI=1S/C15H22BrClN2/c1-2-10-4-3-5-11(8-10)15(19-18)13-7-6-12(16)9-14(13)17/h6-7,9-11,15,19H,2-5,8,18H2,1H3. The molecule has 1 aromatic carbocycles. The van der Waals surface area contributed by atoms with Gasteiger partial charge in [-0.25, -0.2) is 0 Å². The Balaban J connectivity index is 2.19. The summed E-state index contributed by atoms with van der Waals surface area (Å²) in [7, 11) is 0. The molecule has 19 heavy (non-hydrogen) atoms. The van der Waals surface area contributed by atoms with Crippen LogP contribution in [0.4, 0.5) is 0 Å². The topological polar surface area (TPSA) is 38.0 Å². The lowest BCUT2D eigenvalue weighted by Gasteiger charge is -2.34. The number of hydrogen-bond donors (Lipinski definition) is 2. The van der Waals surface area contributed by atoms with Crippen molar-refractivity contribution in [2.45, 2.75) is 45.1 Å². The highest BCUT2D eigenvalue weighted by atomic mass is 79.9. The zero-order chi connectivity index (χ0) is 13.8. The molecule has 0 spiro atoms. The van der Waals surface area contributed by atoms with Gasteiger partial charge in [-0.15, -0.1) is 0 Å². The van der Waals surface area contributed by atoms with Gasteiger partial charge in [0.15, 0.2) is 0 Å². The van der Waals surface area contributed by atoms with Crippen molar-refractivity contribution in [1.29, 1.82) is 0 Å². The second-order valence-corrected chi connectivity index (χ2v) is 6.83. The van der Waals surface area contributed by atoms with Gasteiger partial charge in [-0.2, -0.15) is 0 Å². The van der Waals surface area contributed by atoms with Gasteiger partial charge in [0.1, 0.15) is 0 Å². The maximum absolute atomic E-state index is 6.37. The van der Waals surface area contributed by atoms with Crippen LogP contribution in [-0.2, 0) is 0 Å². The molecule has 0 radical (unpaired) electrons. The summed E-state index contributed by atoms with van der Waals surface area (Å²) in [6.45, 7) is 2.28. The first-order valence-corrected chi connectivity index (χ1v) is 8.23. The van der Waals surface area contributed by atoms with Crippen LogP contribution in [0.1, 0.15) is 50.6 Å². The third kappa shape index (κ3) is 3.72. The van der Waals surface area contributed by atoms with Gasteiger partial charge in [0, 0.05) is 9.50 Å². The fourth-order valence-electron chi connectivity index (χ4n) is 3.24. The van der Waals surface area contributed by atoms with Gasteiger partial charge in [0.25, 0.3) is 0 Å². The van der Waals surface area contributed by atoms with Crippen molar-refractivity contribution in [2.24, 2.45) is 17.7 Å². The number of hydrogen-bond acceptors (Lipinski definition) is 2. The third-order valence-electron chi connectivity index (χ3n) is 4.35. The fourth-order valence-corrected chi connectivity index (χ4v) is 4.03. The normalized spacial score (nSPS) is 25.3. The molecule has 0 saturated heterocycles. The molecule has 0 bridgehead atoms. The summed E-state index contributed by atoms with van der Waals surface area (Å²) in [6.07, 6.45) is 6.41. The minimum absolute atomic E-state index is 0.162. The highest BCUT2D eigenvalue weighted by Gasteiger charge is 2.29. The van der Waals surface area contributed by atoms with E-state index in [-0.39, 0.29) is 6.04 Å². The molecule has 4 heteroatoms. The molecule has 1 aliphatic rings. The lowest BCUT2D eigenvalue weighted by molar-refractivity contribution is 0.210. The summed E-state index contributed by atoms with van der Waals surface area (Å²) in [6, 6.07) is 6.22. The molecule has 2 rings (SSSR count). The van der Waals surface area contributed by atoms with Crippen LogP contribution in [0.3, 0.4) is 0 Å². The molecule has 1 aromatic rings. The van der Waals surface area contributed by atoms with Crippen LogP contribution >= 0.6 is 27.5 Å². The Kier molecular flexibility index (Phi) is 5.70. The lowest BCUT2D eigenvalue weighted by atomic mass is 9.75. The van der Waals surface area contributed by atoms with E-state index >= 15 is 0 Å². The molecule has 0 amide bonds. The quantitative estimate of drug-likeness (QED) is 0.606. The van der Waals surface area contributed by atoms with Gasteiger partial charge in [-0.05, 0) is 42.4 Å². The van der Waals surface area contributed by atoms with Crippen molar-refractivity contribution >= 4 is 27.5 Å². The summed E-state index contributed by atoms with van der Waals surface area (Å²) in [5.41, 5.74) is 4.11. The van der Waals surface area contributed by atoms with Crippen molar-refractivity contribution in [1.82, 2.24) is 5.43 Å². The van der Waals surface area contributed by atoms with E-state index in [1.165, 1.54) is 32.1 Å². The van der Waals surface area contributed by atoms with E-state index in [0.717, 1.165) is 21.0 Å². The van der Waals surface area contributed by atoms with Gasteiger partial charge < -0.3 is 0 Å². The maximum atomic E-state index is 6.37. The van der Waals surface area contributed by atoms with E-state index in [9.17, 15) is 0 Å². The Bertz CT molecular complexity index is 425. The van der Waals surface area contributed by atoms with Gasteiger partial charge in [0.05, 0.1) is 6.04 Å². The highest BCUT2D eigenvalue weighted by molar-refractivity contribution is 9.10. The van der Waals surface area contributed by atoms with Crippen LogP contribution in [0.2, 0.25) is 5.02 Å². The molecule has 3 N–H and O–H groups in total. The number of benzene rings is 1. The van der Waals surface area contributed by atoms with Crippen molar-refractivity contribution in [3.63, 3.8) is 0 Å². The molecule has 1 saturated carbocycles. The van der Waals surface area contributed by atoms with Crippen molar-refractivity contribution in [3.05, 3.63) is 33.3 Å². The number of hydrazine groups is 1. The first-order chi connectivity index (χ1) is 9.15. The second-order valence-electron chi connectivity index (χ2n) is 5.51. The van der Waals surface area contributed by atoms with E-state index in [1.54, 1.807) is 0 Å². The summed E-state index contributed by atoms with van der Waals surface area (Å²) in [5.74, 6) is 7.23. The molecule has 106 valence electrons. The zero-order valence-corrected chi connectivity index (χ0v) is 13.7. The molecular formula is C15H22BrClN2. The molecule has 3 atom stereocenters. The Morgan fingerprint density at radius 1 is 1.47 bits per heavy atom. The predicted octanol–water partition coefficient (Wildman–Crippen LogP) is 4.82. The number of rotatable bonds is 4. The van der Waals surface area contributed by atoms with Crippen LogP contribution in [0.25, 0.3) is 0 Å². The Labute approximate surface area is 129 Å². The fraction of sp³-hybridized carbons (Fsp3) is 0.600. The van der Waals surface area contributed by atoms with E-state index in [2.05, 4.69) is 34.3 Å². The molecule has 0 heterocycles. The van der Waals surface area contributed by atoms with Gasteiger partial charge in [0.2, 0.25) is 0 Å². The van der Waals surface area contributed by atoms with Gasteiger partial charge in [-0.1, -0.05) is 59.8 Å². The molecule has 1 aliphatic carbocycles. The molecule has 1 fully saturated rings. The minimum atomic E-state index is 0.162. The van der Waals surface area contributed by atoms with Crippen LogP contribution < -0.4 is 11.3 Å². The van der Waals surface area contributed by atoms with E-state index in [0.29, 0.717) is 5.92 Å². The lowest BCUT2D eigenvalue weighted by Crippen LogP contribution is -2.36. The third-order valence-corrected chi connectivity index (χ3v) is 5.17. The van der Waals surface area contributed by atoms with Crippen molar-refractivity contribution in [2.75, 3.05) is 0 Å². The molecule has 0 aliphatic heterocycles. The first-order valence-electron chi connectivity index (χ1n) is 7.06. The largest absolute Gasteiger partial charge is 0.271 e. The zero-order valence-electron chi connectivity index (χ0n) is 11.3. The van der Waals surface area contributed by atoms with Crippen LogP contribution in [0, 0.1) is 11.8 Å². The summed E-state index contributed by atoms with van der Waals surface area (Å²) < 4.78 is 1.01. The van der Waals surface area contributed by atoms with E-state index < -0.39 is 0 Å². The molecule has 0 aromatic heterocycles. The van der Waals surface area contributed by atoms with Crippen LogP contribution in [-0.4, -0.2) is 0 Å². The number of nitrogens with two attached hydrogens (primary N) is 1. The number of halogens is 2. The number of nitrogens with one attached hydrogen (secondary N) is 1. The highest BCUT2D eigenvalue weighted by Crippen LogP contribution is 2.40. The molecule has 2 nitrogen and oxygen atoms in total.